The van der Waals surface area contributed by atoms with Gasteiger partial charge in [0.05, 0.1) is 21.6 Å². The van der Waals surface area contributed by atoms with E-state index in [2.05, 4.69) is 5.32 Å². The van der Waals surface area contributed by atoms with Crippen molar-refractivity contribution in [3.63, 3.8) is 0 Å². The molecular formula is C16H14N2O5S. The maximum atomic E-state index is 12.4. The van der Waals surface area contributed by atoms with Gasteiger partial charge in [-0.2, -0.15) is 0 Å². The van der Waals surface area contributed by atoms with Crippen molar-refractivity contribution in [1.82, 2.24) is 5.32 Å². The second-order valence-electron chi connectivity index (χ2n) is 5.60. The lowest BCUT2D eigenvalue weighted by Gasteiger charge is -2.13. The van der Waals surface area contributed by atoms with E-state index in [1.807, 2.05) is 0 Å². The molecule has 1 aliphatic heterocycles. The maximum absolute atomic E-state index is 12.4. The zero-order valence-electron chi connectivity index (χ0n) is 12.7. The molecule has 1 aliphatic rings. The largest absolute Gasteiger partial charge is 0.344 e. The lowest BCUT2D eigenvalue weighted by Crippen LogP contribution is -2.29. The van der Waals surface area contributed by atoms with Crippen molar-refractivity contribution >= 4 is 21.4 Å². The summed E-state index contributed by atoms with van der Waals surface area (Å²) in [5.41, 5.74) is 1.11. The summed E-state index contributed by atoms with van der Waals surface area (Å²) in [6.45, 7) is 1.55. The number of rotatable bonds is 3. The Morgan fingerprint density at radius 1 is 1.25 bits per heavy atom. The number of fused-ring (bicyclic) bond motifs is 1. The fourth-order valence-electron chi connectivity index (χ4n) is 2.81. The molecule has 3 rings (SSSR count). The summed E-state index contributed by atoms with van der Waals surface area (Å²) in [7, 11) is -3.41. The van der Waals surface area contributed by atoms with Gasteiger partial charge in [-0.15, -0.1) is 0 Å². The van der Waals surface area contributed by atoms with Crippen LogP contribution in [0, 0.1) is 17.0 Å². The molecule has 2 aromatic carbocycles. The number of hydrogen-bond donors (Lipinski definition) is 1. The number of aryl methyl sites for hydroxylation is 1. The first kappa shape index (κ1) is 16.1. The van der Waals surface area contributed by atoms with Crippen molar-refractivity contribution in [2.75, 3.05) is 5.75 Å². The number of carbonyl (C=O) groups is 1. The number of carbonyl (C=O) groups excluding carboxylic acids is 1. The van der Waals surface area contributed by atoms with Crippen LogP contribution in [0.25, 0.3) is 0 Å². The first-order valence-electron chi connectivity index (χ1n) is 7.17. The number of nitrogens with zero attached hydrogens (tertiary/aromatic N) is 1. The van der Waals surface area contributed by atoms with Gasteiger partial charge in [-0.25, -0.2) is 8.42 Å². The first-order valence-corrected chi connectivity index (χ1v) is 8.82. The third kappa shape index (κ3) is 2.76. The monoisotopic (exact) mass is 346 g/mol. The highest BCUT2D eigenvalue weighted by Gasteiger charge is 2.35. The van der Waals surface area contributed by atoms with Gasteiger partial charge in [-0.1, -0.05) is 18.2 Å². The van der Waals surface area contributed by atoms with E-state index in [9.17, 15) is 23.3 Å². The molecule has 24 heavy (non-hydrogen) atoms. The first-order chi connectivity index (χ1) is 11.3. The van der Waals surface area contributed by atoms with Crippen LogP contribution < -0.4 is 5.32 Å². The van der Waals surface area contributed by atoms with E-state index in [0.717, 1.165) is 0 Å². The molecule has 0 unspecified atom stereocenters. The van der Waals surface area contributed by atoms with E-state index in [4.69, 9.17) is 0 Å². The normalized spacial score (nSPS) is 18.0. The Morgan fingerprint density at radius 3 is 2.62 bits per heavy atom. The van der Waals surface area contributed by atoms with Gasteiger partial charge in [-0.3, -0.25) is 14.9 Å². The minimum Gasteiger partial charge on any atom is -0.344 e. The van der Waals surface area contributed by atoms with Crippen molar-refractivity contribution in [2.24, 2.45) is 0 Å². The Kier molecular flexibility index (Phi) is 3.84. The summed E-state index contributed by atoms with van der Waals surface area (Å²) in [6, 6.07) is 9.96. The van der Waals surface area contributed by atoms with Crippen LogP contribution in [0.15, 0.2) is 47.4 Å². The summed E-state index contributed by atoms with van der Waals surface area (Å²) in [4.78, 5) is 22.9. The second kappa shape index (κ2) is 5.72. The molecule has 124 valence electrons. The third-order valence-electron chi connectivity index (χ3n) is 3.98. The Morgan fingerprint density at radius 2 is 1.96 bits per heavy atom. The number of nitro benzene ring substituents is 1. The van der Waals surface area contributed by atoms with Crippen LogP contribution in [-0.4, -0.2) is 25.0 Å². The highest BCUT2D eigenvalue weighted by Crippen LogP contribution is 2.33. The van der Waals surface area contributed by atoms with Crippen LogP contribution >= 0.6 is 0 Å². The van der Waals surface area contributed by atoms with Gasteiger partial charge in [0.2, 0.25) is 0 Å². The predicted octanol–water partition coefficient (Wildman–Crippen LogP) is 2.16. The fourth-order valence-corrected chi connectivity index (χ4v) is 4.55. The van der Waals surface area contributed by atoms with Crippen LogP contribution in [0.5, 0.6) is 0 Å². The summed E-state index contributed by atoms with van der Waals surface area (Å²) >= 11 is 0. The zero-order chi connectivity index (χ0) is 17.5. The van der Waals surface area contributed by atoms with E-state index >= 15 is 0 Å². The molecule has 0 fully saturated rings. The van der Waals surface area contributed by atoms with Gasteiger partial charge >= 0.3 is 0 Å². The standard InChI is InChI=1S/C16H14N2O5S/c1-10-8-11(6-7-14(10)18(20)21)16(19)17-13-9-24(22,23)15-5-3-2-4-12(13)15/h2-8,13H,9H2,1H3,(H,17,19)/t13-/m0/s1. The molecule has 1 amide bonds. The lowest BCUT2D eigenvalue weighted by atomic mass is 10.1. The average Bonchev–Trinajstić information content (AvgIpc) is 2.78. The van der Waals surface area contributed by atoms with Gasteiger partial charge in [-0.05, 0) is 30.7 Å². The lowest BCUT2D eigenvalue weighted by molar-refractivity contribution is -0.385. The molecule has 0 aliphatic carbocycles. The van der Waals surface area contributed by atoms with Crippen LogP contribution in [0.3, 0.4) is 0 Å². The van der Waals surface area contributed by atoms with Crippen molar-refractivity contribution in [2.45, 2.75) is 17.9 Å². The van der Waals surface area contributed by atoms with Crippen molar-refractivity contribution in [3.8, 4) is 0 Å². The smallest absolute Gasteiger partial charge is 0.272 e. The molecule has 0 saturated heterocycles. The van der Waals surface area contributed by atoms with Gasteiger partial charge < -0.3 is 5.32 Å². The summed E-state index contributed by atoms with van der Waals surface area (Å²) in [6.07, 6.45) is 0. The quantitative estimate of drug-likeness (QED) is 0.677. The molecular weight excluding hydrogens is 332 g/mol. The maximum Gasteiger partial charge on any atom is 0.272 e. The predicted molar refractivity (Wildman–Crippen MR) is 86.5 cm³/mol. The summed E-state index contributed by atoms with van der Waals surface area (Å²) < 4.78 is 24.3. The van der Waals surface area contributed by atoms with Crippen molar-refractivity contribution in [1.29, 1.82) is 0 Å². The van der Waals surface area contributed by atoms with Gasteiger partial charge in [0, 0.05) is 17.2 Å². The fraction of sp³-hybridized carbons (Fsp3) is 0.188. The molecule has 0 spiro atoms. The number of amides is 1. The molecule has 1 atom stereocenters. The van der Waals surface area contributed by atoms with E-state index in [1.165, 1.54) is 24.3 Å². The van der Waals surface area contributed by atoms with Crippen molar-refractivity contribution < 1.29 is 18.1 Å². The van der Waals surface area contributed by atoms with E-state index < -0.39 is 26.7 Å². The molecule has 0 saturated carbocycles. The highest BCUT2D eigenvalue weighted by molar-refractivity contribution is 7.91. The molecule has 0 bridgehead atoms. The molecule has 2 aromatic rings. The van der Waals surface area contributed by atoms with Crippen molar-refractivity contribution in [3.05, 3.63) is 69.3 Å². The number of nitrogens with one attached hydrogen (secondary N) is 1. The van der Waals surface area contributed by atoms with Gasteiger partial charge in [0.15, 0.2) is 9.84 Å². The van der Waals surface area contributed by atoms with E-state index in [1.54, 1.807) is 25.1 Å². The molecule has 0 aromatic heterocycles. The van der Waals surface area contributed by atoms with Crippen LogP contribution in [0.2, 0.25) is 0 Å². The number of benzene rings is 2. The Balaban J connectivity index is 1.87. The van der Waals surface area contributed by atoms with Gasteiger partial charge in [0.1, 0.15) is 0 Å². The number of nitro groups is 1. The second-order valence-corrected chi connectivity index (χ2v) is 7.61. The van der Waals surface area contributed by atoms with Crippen LogP contribution in [0.1, 0.15) is 27.5 Å². The highest BCUT2D eigenvalue weighted by atomic mass is 32.2. The molecule has 7 nitrogen and oxygen atoms in total. The topological polar surface area (TPSA) is 106 Å². The third-order valence-corrected chi connectivity index (χ3v) is 5.79. The summed E-state index contributed by atoms with van der Waals surface area (Å²) in [5, 5.41) is 13.5. The van der Waals surface area contributed by atoms with E-state index in [-0.39, 0.29) is 21.9 Å². The Labute approximate surface area is 138 Å². The Hall–Kier alpha value is -2.74. The number of sulfone groups is 1. The molecule has 1 heterocycles. The van der Waals surface area contributed by atoms with Crippen LogP contribution in [0.4, 0.5) is 5.69 Å². The van der Waals surface area contributed by atoms with Crippen LogP contribution in [-0.2, 0) is 9.84 Å². The van der Waals surface area contributed by atoms with E-state index in [0.29, 0.717) is 11.1 Å². The number of hydrogen-bond acceptors (Lipinski definition) is 5. The Bertz CT molecular complexity index is 953. The van der Waals surface area contributed by atoms with Gasteiger partial charge in [0.25, 0.3) is 11.6 Å². The molecule has 0 radical (unpaired) electrons. The molecule has 8 heteroatoms. The minimum absolute atomic E-state index is 0.0691. The zero-order valence-corrected chi connectivity index (χ0v) is 13.5. The minimum atomic E-state index is -3.41. The average molecular weight is 346 g/mol. The molecule has 1 N–H and O–H groups in total. The summed E-state index contributed by atoms with van der Waals surface area (Å²) in [5.74, 6) is -0.658. The SMILES string of the molecule is Cc1cc(C(=O)N[C@H]2CS(=O)(=O)c3ccccc32)ccc1[N+](=O)[O-].